The molecule has 23 heavy (non-hydrogen) atoms. The van der Waals surface area contributed by atoms with Crippen molar-refractivity contribution in [3.8, 4) is 0 Å². The molecule has 5 nitrogen and oxygen atoms in total. The van der Waals surface area contributed by atoms with Gasteiger partial charge in [-0.15, -0.1) is 0 Å². The van der Waals surface area contributed by atoms with Crippen LogP contribution in [0.25, 0.3) is 6.08 Å². The van der Waals surface area contributed by atoms with Crippen LogP contribution >= 0.6 is 0 Å². The highest BCUT2D eigenvalue weighted by Crippen LogP contribution is 2.38. The molecule has 1 aliphatic rings. The highest BCUT2D eigenvalue weighted by Gasteiger charge is 2.52. The fraction of sp³-hybridized carbons (Fsp3) is 0.438. The normalized spacial score (nSPS) is 19.9. The number of aromatic carboxylic acids is 1. The zero-order valence-corrected chi connectivity index (χ0v) is 13.6. The Morgan fingerprint density at radius 2 is 1.83 bits per heavy atom. The molecule has 1 heterocycles. The van der Waals surface area contributed by atoms with Crippen LogP contribution in [0.3, 0.4) is 0 Å². The van der Waals surface area contributed by atoms with Gasteiger partial charge in [0.05, 0.1) is 23.4 Å². The predicted molar refractivity (Wildman–Crippen MR) is 84.5 cm³/mol. The standard InChI is InChI=1S/C16H20BFO5/c1-15(2)16(3,4)23-17(22-15)11(9-19)7-10-5-6-12(18)8-13(10)14(20)21/h5-8,19H,9H2,1-4H3,(H,20,21). The molecule has 2 rings (SSSR count). The number of halogens is 1. The SMILES string of the molecule is CC1(C)OB(C(=Cc2ccc(F)cc2C(=O)O)CO)OC1(C)C. The molecule has 0 spiro atoms. The van der Waals surface area contributed by atoms with E-state index in [0.717, 1.165) is 12.1 Å². The van der Waals surface area contributed by atoms with Crippen LogP contribution in [0.2, 0.25) is 0 Å². The van der Waals surface area contributed by atoms with Crippen LogP contribution in [-0.4, -0.2) is 41.1 Å². The summed E-state index contributed by atoms with van der Waals surface area (Å²) in [6.45, 7) is 7.14. The summed E-state index contributed by atoms with van der Waals surface area (Å²) in [5, 5.41) is 18.8. The third-order valence-corrected chi connectivity index (χ3v) is 4.33. The summed E-state index contributed by atoms with van der Waals surface area (Å²) in [5.41, 5.74) is -0.697. The summed E-state index contributed by atoms with van der Waals surface area (Å²) >= 11 is 0. The number of carbonyl (C=O) groups is 1. The Morgan fingerprint density at radius 3 is 2.30 bits per heavy atom. The summed E-state index contributed by atoms with van der Waals surface area (Å²) < 4.78 is 24.9. The minimum atomic E-state index is -1.25. The Hall–Kier alpha value is -1.70. The first-order valence-electron chi connectivity index (χ1n) is 7.27. The van der Waals surface area contributed by atoms with Crippen LogP contribution in [0.4, 0.5) is 4.39 Å². The van der Waals surface area contributed by atoms with Crippen molar-refractivity contribution in [3.63, 3.8) is 0 Å². The monoisotopic (exact) mass is 322 g/mol. The summed E-state index contributed by atoms with van der Waals surface area (Å²) in [6.07, 6.45) is 1.46. The number of hydrogen-bond acceptors (Lipinski definition) is 4. The van der Waals surface area contributed by atoms with Gasteiger partial charge in [-0.2, -0.15) is 0 Å². The second-order valence-electron chi connectivity index (χ2n) is 6.50. The number of carboxylic acids is 1. The molecule has 1 aromatic carbocycles. The van der Waals surface area contributed by atoms with Gasteiger partial charge >= 0.3 is 13.1 Å². The molecule has 0 amide bonds. The zero-order chi connectivity index (χ0) is 17.4. The van der Waals surface area contributed by atoms with E-state index >= 15 is 0 Å². The Kier molecular flexibility index (Phi) is 4.66. The van der Waals surface area contributed by atoms with Gasteiger partial charge < -0.3 is 19.5 Å². The number of aliphatic hydroxyl groups is 1. The molecule has 1 saturated heterocycles. The van der Waals surface area contributed by atoms with Crippen molar-refractivity contribution in [2.45, 2.75) is 38.9 Å². The number of hydrogen-bond donors (Lipinski definition) is 2. The van der Waals surface area contributed by atoms with E-state index in [9.17, 15) is 19.4 Å². The number of rotatable bonds is 4. The first-order chi connectivity index (χ1) is 10.6. The largest absolute Gasteiger partial charge is 0.492 e. The lowest BCUT2D eigenvalue weighted by molar-refractivity contribution is 0.00578. The van der Waals surface area contributed by atoms with Gasteiger partial charge in [-0.3, -0.25) is 0 Å². The molecule has 0 aliphatic carbocycles. The first kappa shape index (κ1) is 17.7. The number of benzene rings is 1. The third kappa shape index (κ3) is 3.47. The summed E-state index contributed by atoms with van der Waals surface area (Å²) in [7, 11) is -0.795. The van der Waals surface area contributed by atoms with E-state index in [2.05, 4.69) is 0 Å². The van der Waals surface area contributed by atoms with Crippen LogP contribution in [-0.2, 0) is 9.31 Å². The summed E-state index contributed by atoms with van der Waals surface area (Å²) in [4.78, 5) is 11.3. The molecular weight excluding hydrogens is 302 g/mol. The lowest BCUT2D eigenvalue weighted by atomic mass is 9.77. The van der Waals surface area contributed by atoms with Gasteiger partial charge in [0.25, 0.3) is 0 Å². The fourth-order valence-corrected chi connectivity index (χ4v) is 2.22. The molecule has 0 bridgehead atoms. The van der Waals surface area contributed by atoms with Gasteiger partial charge in [0, 0.05) is 0 Å². The topological polar surface area (TPSA) is 76.0 Å². The lowest BCUT2D eigenvalue weighted by Gasteiger charge is -2.32. The van der Waals surface area contributed by atoms with Gasteiger partial charge in [-0.25, -0.2) is 9.18 Å². The maximum Gasteiger partial charge on any atom is 0.492 e. The molecule has 7 heteroatoms. The van der Waals surface area contributed by atoms with Crippen molar-refractivity contribution < 1.29 is 28.7 Å². The van der Waals surface area contributed by atoms with Crippen molar-refractivity contribution in [3.05, 3.63) is 40.6 Å². The molecule has 2 N–H and O–H groups in total. The van der Waals surface area contributed by atoms with Gasteiger partial charge in [0.1, 0.15) is 5.82 Å². The maximum atomic E-state index is 13.2. The van der Waals surface area contributed by atoms with Gasteiger partial charge in [0.2, 0.25) is 0 Å². The van der Waals surface area contributed by atoms with Crippen molar-refractivity contribution in [1.29, 1.82) is 0 Å². The predicted octanol–water partition coefficient (Wildman–Crippen LogP) is 2.53. The van der Waals surface area contributed by atoms with E-state index in [0.29, 0.717) is 5.47 Å². The first-order valence-corrected chi connectivity index (χ1v) is 7.27. The van der Waals surface area contributed by atoms with E-state index in [1.807, 2.05) is 27.7 Å². The fourth-order valence-electron chi connectivity index (χ4n) is 2.22. The molecule has 124 valence electrons. The van der Waals surface area contributed by atoms with Gasteiger partial charge in [-0.05, 0) is 50.9 Å². The second kappa shape index (κ2) is 6.07. The average molecular weight is 322 g/mol. The number of aliphatic hydroxyl groups excluding tert-OH is 1. The highest BCUT2D eigenvalue weighted by molar-refractivity contribution is 6.55. The molecule has 1 fully saturated rings. The average Bonchev–Trinajstić information content (AvgIpc) is 2.65. The van der Waals surface area contributed by atoms with E-state index in [-0.39, 0.29) is 17.7 Å². The van der Waals surface area contributed by atoms with Crippen LogP contribution in [0.15, 0.2) is 23.7 Å². The smallest absolute Gasteiger partial charge is 0.478 e. The third-order valence-electron chi connectivity index (χ3n) is 4.33. The van der Waals surface area contributed by atoms with Crippen LogP contribution in [0.1, 0.15) is 43.6 Å². The molecule has 0 unspecified atom stereocenters. The molecule has 0 saturated carbocycles. The van der Waals surface area contributed by atoms with Crippen molar-refractivity contribution in [2.24, 2.45) is 0 Å². The molecule has 1 aliphatic heterocycles. The Labute approximate surface area is 134 Å². The summed E-state index contributed by atoms with van der Waals surface area (Å²) in [5.74, 6) is -1.89. The van der Waals surface area contributed by atoms with E-state index in [4.69, 9.17) is 9.31 Å². The Morgan fingerprint density at radius 1 is 1.26 bits per heavy atom. The minimum Gasteiger partial charge on any atom is -0.478 e. The zero-order valence-electron chi connectivity index (χ0n) is 13.6. The minimum absolute atomic E-state index is 0.188. The maximum absolute atomic E-state index is 13.2. The van der Waals surface area contributed by atoms with E-state index in [1.165, 1.54) is 12.1 Å². The lowest BCUT2D eigenvalue weighted by Crippen LogP contribution is -2.41. The van der Waals surface area contributed by atoms with Gasteiger partial charge in [0.15, 0.2) is 0 Å². The highest BCUT2D eigenvalue weighted by atomic mass is 19.1. The van der Waals surface area contributed by atoms with E-state index < -0.39 is 30.1 Å². The quantitative estimate of drug-likeness (QED) is 0.833. The van der Waals surface area contributed by atoms with Crippen LogP contribution in [0, 0.1) is 5.82 Å². The van der Waals surface area contributed by atoms with E-state index in [1.54, 1.807) is 0 Å². The molecule has 0 radical (unpaired) electrons. The summed E-state index contributed by atoms with van der Waals surface area (Å²) in [6, 6.07) is 3.45. The van der Waals surface area contributed by atoms with Crippen LogP contribution in [0.5, 0.6) is 0 Å². The van der Waals surface area contributed by atoms with Crippen LogP contribution < -0.4 is 0 Å². The van der Waals surface area contributed by atoms with Gasteiger partial charge in [-0.1, -0.05) is 12.1 Å². The molecular formula is C16H20BFO5. The second-order valence-corrected chi connectivity index (χ2v) is 6.50. The molecule has 0 aromatic heterocycles. The molecule has 0 atom stereocenters. The Bertz CT molecular complexity index is 638. The van der Waals surface area contributed by atoms with Crippen molar-refractivity contribution in [1.82, 2.24) is 0 Å². The van der Waals surface area contributed by atoms with Crippen molar-refractivity contribution >= 4 is 19.2 Å². The molecule has 1 aromatic rings. The van der Waals surface area contributed by atoms with Crippen molar-refractivity contribution in [2.75, 3.05) is 6.61 Å². The Balaban J connectivity index is 2.40. The number of carboxylic acid groups (broad SMARTS) is 1.